The number of benzene rings is 2. The van der Waals surface area contributed by atoms with E-state index in [-0.39, 0.29) is 24.0 Å². The summed E-state index contributed by atoms with van der Waals surface area (Å²) in [7, 11) is 0. The van der Waals surface area contributed by atoms with Gasteiger partial charge < -0.3 is 29.1 Å². The first-order chi connectivity index (χ1) is 19.7. The standard InChI is InChI=1S/C32H42N4O6/c1-31(2,3)41-29(39)35-19-15-33(16-20-35)27(37)25-13-9-7-11-23(25)24-12-8-10-14-26(24)28(38)34-17-21-36(22-18-34)30(40)42-32(4,5)6/h7-14H,15-22H2,1-6H3. The van der Waals surface area contributed by atoms with Crippen molar-refractivity contribution in [1.82, 2.24) is 19.6 Å². The highest BCUT2D eigenvalue weighted by Crippen LogP contribution is 2.30. The fourth-order valence-electron chi connectivity index (χ4n) is 4.99. The van der Waals surface area contributed by atoms with Crippen LogP contribution in [0.25, 0.3) is 11.1 Å². The maximum absolute atomic E-state index is 13.7. The predicted molar refractivity (Wildman–Crippen MR) is 159 cm³/mol. The van der Waals surface area contributed by atoms with Crippen LogP contribution in [0, 0.1) is 0 Å². The summed E-state index contributed by atoms with van der Waals surface area (Å²) in [6.07, 6.45) is -0.760. The smallest absolute Gasteiger partial charge is 0.410 e. The van der Waals surface area contributed by atoms with Crippen molar-refractivity contribution < 1.29 is 28.7 Å². The van der Waals surface area contributed by atoms with Crippen molar-refractivity contribution in [2.45, 2.75) is 52.7 Å². The molecule has 2 saturated heterocycles. The Morgan fingerprint density at radius 1 is 0.500 bits per heavy atom. The third-order valence-electron chi connectivity index (χ3n) is 7.04. The van der Waals surface area contributed by atoms with Gasteiger partial charge in [0.2, 0.25) is 0 Å². The molecule has 0 aromatic heterocycles. The maximum Gasteiger partial charge on any atom is 0.410 e. The molecule has 0 bridgehead atoms. The van der Waals surface area contributed by atoms with Crippen molar-refractivity contribution in [3.8, 4) is 11.1 Å². The van der Waals surface area contributed by atoms with Crippen molar-refractivity contribution in [3.05, 3.63) is 59.7 Å². The van der Waals surface area contributed by atoms with E-state index in [4.69, 9.17) is 9.47 Å². The van der Waals surface area contributed by atoms with Gasteiger partial charge in [0.15, 0.2) is 0 Å². The van der Waals surface area contributed by atoms with Gasteiger partial charge in [-0.3, -0.25) is 9.59 Å². The molecule has 10 nitrogen and oxygen atoms in total. The molecule has 0 N–H and O–H groups in total. The third-order valence-corrected chi connectivity index (χ3v) is 7.04. The zero-order valence-corrected chi connectivity index (χ0v) is 25.5. The summed E-state index contributed by atoms with van der Waals surface area (Å²) in [4.78, 5) is 59.1. The Labute approximate surface area is 248 Å². The van der Waals surface area contributed by atoms with Gasteiger partial charge in [-0.15, -0.1) is 0 Å². The highest BCUT2D eigenvalue weighted by molar-refractivity contribution is 6.06. The zero-order valence-electron chi connectivity index (χ0n) is 25.5. The van der Waals surface area contributed by atoms with Crippen LogP contribution in [0.5, 0.6) is 0 Å². The quantitative estimate of drug-likeness (QED) is 0.522. The van der Waals surface area contributed by atoms with E-state index in [9.17, 15) is 19.2 Å². The van der Waals surface area contributed by atoms with Crippen LogP contribution in [0.4, 0.5) is 9.59 Å². The minimum atomic E-state index is -0.584. The number of amides is 4. The first-order valence-electron chi connectivity index (χ1n) is 14.5. The van der Waals surface area contributed by atoms with Gasteiger partial charge in [0.05, 0.1) is 0 Å². The molecule has 2 fully saturated rings. The Bertz CT molecular complexity index is 1210. The van der Waals surface area contributed by atoms with Crippen molar-refractivity contribution in [2.75, 3.05) is 52.4 Å². The number of piperazine rings is 2. The van der Waals surface area contributed by atoms with Crippen molar-refractivity contribution in [1.29, 1.82) is 0 Å². The SMILES string of the molecule is CC(C)(C)OC(=O)N1CCN(C(=O)c2ccccc2-c2ccccc2C(=O)N2CCN(C(=O)OC(C)(C)C)CC2)CC1. The number of hydrogen-bond acceptors (Lipinski definition) is 6. The van der Waals surface area contributed by atoms with Gasteiger partial charge in [-0.25, -0.2) is 9.59 Å². The summed E-state index contributed by atoms with van der Waals surface area (Å²) in [5.74, 6) is -0.301. The number of carbonyl (C=O) groups is 4. The van der Waals surface area contributed by atoms with Crippen molar-refractivity contribution >= 4 is 24.0 Å². The van der Waals surface area contributed by atoms with E-state index < -0.39 is 11.2 Å². The average molecular weight is 579 g/mol. The molecular formula is C32H42N4O6. The highest BCUT2D eigenvalue weighted by atomic mass is 16.6. The molecule has 226 valence electrons. The molecule has 0 radical (unpaired) electrons. The highest BCUT2D eigenvalue weighted by Gasteiger charge is 2.31. The van der Waals surface area contributed by atoms with E-state index in [1.54, 1.807) is 31.7 Å². The number of carbonyl (C=O) groups excluding carboxylic acids is 4. The molecule has 2 aromatic rings. The van der Waals surface area contributed by atoms with Gasteiger partial charge in [-0.1, -0.05) is 36.4 Å². The molecule has 2 aromatic carbocycles. The van der Waals surface area contributed by atoms with Crippen LogP contribution >= 0.6 is 0 Å². The summed E-state index contributed by atoms with van der Waals surface area (Å²) in [6, 6.07) is 14.6. The molecular weight excluding hydrogens is 536 g/mol. The van der Waals surface area contributed by atoms with Crippen LogP contribution in [0.1, 0.15) is 62.3 Å². The monoisotopic (exact) mass is 578 g/mol. The Morgan fingerprint density at radius 2 is 0.786 bits per heavy atom. The van der Waals surface area contributed by atoms with Crippen LogP contribution in [0.2, 0.25) is 0 Å². The first kappa shape index (κ1) is 30.9. The zero-order chi connectivity index (χ0) is 30.7. The topological polar surface area (TPSA) is 99.7 Å². The van der Waals surface area contributed by atoms with Gasteiger partial charge in [0.1, 0.15) is 11.2 Å². The Morgan fingerprint density at radius 3 is 1.10 bits per heavy atom. The number of nitrogens with zero attached hydrogens (tertiary/aromatic N) is 4. The molecule has 4 amide bonds. The Balaban J connectivity index is 1.47. The van der Waals surface area contributed by atoms with Crippen molar-refractivity contribution in [3.63, 3.8) is 0 Å². The fourth-order valence-corrected chi connectivity index (χ4v) is 4.99. The summed E-state index contributed by atoms with van der Waals surface area (Å²) in [5.41, 5.74) is 1.18. The largest absolute Gasteiger partial charge is 0.444 e. The third kappa shape index (κ3) is 7.60. The van der Waals surface area contributed by atoms with E-state index in [1.165, 1.54) is 0 Å². The summed E-state index contributed by atoms with van der Waals surface area (Å²) in [5, 5.41) is 0. The summed E-state index contributed by atoms with van der Waals surface area (Å²) >= 11 is 0. The molecule has 4 rings (SSSR count). The fraction of sp³-hybridized carbons (Fsp3) is 0.500. The van der Waals surface area contributed by atoms with E-state index >= 15 is 0 Å². The van der Waals surface area contributed by atoms with Gasteiger partial charge in [0, 0.05) is 63.5 Å². The van der Waals surface area contributed by atoms with E-state index in [2.05, 4.69) is 0 Å². The summed E-state index contributed by atoms with van der Waals surface area (Å²) < 4.78 is 11.0. The number of rotatable bonds is 3. The molecule has 0 atom stereocenters. The first-order valence-corrected chi connectivity index (χ1v) is 14.5. The van der Waals surface area contributed by atoms with Gasteiger partial charge >= 0.3 is 12.2 Å². The molecule has 0 spiro atoms. The van der Waals surface area contributed by atoms with Gasteiger partial charge in [0.25, 0.3) is 11.8 Å². The predicted octanol–water partition coefficient (Wildman–Crippen LogP) is 4.74. The van der Waals surface area contributed by atoms with E-state index in [0.29, 0.717) is 74.6 Å². The van der Waals surface area contributed by atoms with Gasteiger partial charge in [-0.2, -0.15) is 0 Å². The Hall–Kier alpha value is -4.08. The lowest BCUT2D eigenvalue weighted by molar-refractivity contribution is 0.0135. The second-order valence-electron chi connectivity index (χ2n) is 12.6. The molecule has 0 saturated carbocycles. The normalized spacial score (nSPS) is 16.2. The summed E-state index contributed by atoms with van der Waals surface area (Å²) in [6.45, 7) is 14.0. The molecule has 0 aliphatic carbocycles. The van der Waals surface area contributed by atoms with Crippen LogP contribution in [0.3, 0.4) is 0 Å². The van der Waals surface area contributed by atoms with Crippen LogP contribution in [-0.4, -0.2) is 107 Å². The van der Waals surface area contributed by atoms with Crippen LogP contribution < -0.4 is 0 Å². The molecule has 0 unspecified atom stereocenters. The number of ether oxygens (including phenoxy) is 2. The minimum absolute atomic E-state index is 0.150. The van der Waals surface area contributed by atoms with Crippen molar-refractivity contribution in [2.24, 2.45) is 0 Å². The van der Waals surface area contributed by atoms with E-state index in [0.717, 1.165) is 0 Å². The molecule has 42 heavy (non-hydrogen) atoms. The molecule has 2 heterocycles. The molecule has 2 aliphatic heterocycles. The average Bonchev–Trinajstić information content (AvgIpc) is 2.95. The van der Waals surface area contributed by atoms with E-state index in [1.807, 2.05) is 77.9 Å². The lowest BCUT2D eigenvalue weighted by Crippen LogP contribution is -2.51. The lowest BCUT2D eigenvalue weighted by Gasteiger charge is -2.36. The molecule has 2 aliphatic rings. The van der Waals surface area contributed by atoms with Crippen LogP contribution in [0.15, 0.2) is 48.5 Å². The Kier molecular flexibility index (Phi) is 9.13. The van der Waals surface area contributed by atoms with Gasteiger partial charge in [-0.05, 0) is 64.8 Å². The second-order valence-corrected chi connectivity index (χ2v) is 12.6. The number of hydrogen-bond donors (Lipinski definition) is 0. The minimum Gasteiger partial charge on any atom is -0.444 e. The lowest BCUT2D eigenvalue weighted by atomic mass is 9.94. The maximum atomic E-state index is 13.7. The second kappa shape index (κ2) is 12.4. The molecule has 10 heteroatoms. The van der Waals surface area contributed by atoms with Crippen LogP contribution in [-0.2, 0) is 9.47 Å².